The van der Waals surface area contributed by atoms with Crippen molar-refractivity contribution >= 4 is 23.4 Å². The van der Waals surface area contributed by atoms with Crippen LogP contribution in [0.15, 0.2) is 18.2 Å². The summed E-state index contributed by atoms with van der Waals surface area (Å²) in [6.45, 7) is 2.21. The minimum atomic E-state index is 0.453. The van der Waals surface area contributed by atoms with Gasteiger partial charge in [0, 0.05) is 16.8 Å². The second-order valence-electron chi connectivity index (χ2n) is 4.22. The van der Waals surface area contributed by atoms with Crippen molar-refractivity contribution in [2.75, 3.05) is 25.7 Å². The number of likely N-dealkylation sites (N-methyl/N-ethyl adjacent to an activating group) is 1. The average Bonchev–Trinajstić information content (AvgIpc) is 2.38. The van der Waals surface area contributed by atoms with Crippen LogP contribution in [0.4, 0.5) is 0 Å². The first-order valence-electron chi connectivity index (χ1n) is 6.28. The average molecular weight is 288 g/mol. The second kappa shape index (κ2) is 8.68. The Labute approximate surface area is 119 Å². The highest BCUT2D eigenvalue weighted by Gasteiger charge is 2.11. The van der Waals surface area contributed by atoms with E-state index in [0.29, 0.717) is 6.04 Å². The Hall–Kier alpha value is -0.380. The van der Waals surface area contributed by atoms with Crippen molar-refractivity contribution in [1.29, 1.82) is 0 Å². The van der Waals surface area contributed by atoms with E-state index in [2.05, 4.69) is 12.2 Å². The Morgan fingerprint density at radius 1 is 1.44 bits per heavy atom. The summed E-state index contributed by atoms with van der Waals surface area (Å²) in [6, 6.07) is 6.25. The fourth-order valence-corrected chi connectivity index (χ4v) is 3.01. The van der Waals surface area contributed by atoms with E-state index in [4.69, 9.17) is 16.3 Å². The molecular formula is C14H22ClNOS. The number of benzene rings is 1. The molecule has 0 aliphatic rings. The highest BCUT2D eigenvalue weighted by Crippen LogP contribution is 2.24. The zero-order chi connectivity index (χ0) is 13.4. The molecule has 0 fully saturated rings. The van der Waals surface area contributed by atoms with Crippen LogP contribution in [-0.2, 0) is 6.42 Å². The first-order valence-corrected chi connectivity index (χ1v) is 7.82. The number of methoxy groups -OCH3 is 1. The first-order chi connectivity index (χ1) is 8.71. The van der Waals surface area contributed by atoms with E-state index >= 15 is 0 Å². The number of halogens is 1. The first kappa shape index (κ1) is 15.7. The highest BCUT2D eigenvalue weighted by atomic mass is 35.5. The van der Waals surface area contributed by atoms with E-state index in [9.17, 15) is 0 Å². The maximum Gasteiger partial charge on any atom is 0.122 e. The predicted octanol–water partition coefficient (Wildman–Crippen LogP) is 3.62. The van der Waals surface area contributed by atoms with Crippen LogP contribution in [0.5, 0.6) is 5.75 Å². The van der Waals surface area contributed by atoms with Gasteiger partial charge >= 0.3 is 0 Å². The van der Waals surface area contributed by atoms with Gasteiger partial charge in [-0.25, -0.2) is 0 Å². The lowest BCUT2D eigenvalue weighted by Gasteiger charge is -2.17. The van der Waals surface area contributed by atoms with Crippen LogP contribution in [-0.4, -0.2) is 31.7 Å². The molecule has 0 aliphatic heterocycles. The lowest BCUT2D eigenvalue weighted by Crippen LogP contribution is -2.30. The van der Waals surface area contributed by atoms with Crippen LogP contribution >= 0.6 is 23.4 Å². The van der Waals surface area contributed by atoms with Gasteiger partial charge in [-0.05, 0) is 49.4 Å². The number of hydrogen-bond acceptors (Lipinski definition) is 3. The van der Waals surface area contributed by atoms with Gasteiger partial charge in [-0.2, -0.15) is 11.8 Å². The van der Waals surface area contributed by atoms with Gasteiger partial charge in [0.05, 0.1) is 7.11 Å². The molecule has 1 aromatic rings. The lowest BCUT2D eigenvalue weighted by molar-refractivity contribution is 0.407. The summed E-state index contributed by atoms with van der Waals surface area (Å²) in [4.78, 5) is 0. The van der Waals surface area contributed by atoms with Gasteiger partial charge in [-0.1, -0.05) is 18.5 Å². The van der Waals surface area contributed by atoms with Crippen molar-refractivity contribution in [3.63, 3.8) is 0 Å². The van der Waals surface area contributed by atoms with Gasteiger partial charge in [0.1, 0.15) is 5.75 Å². The number of hydrogen-bond donors (Lipinski definition) is 1. The maximum atomic E-state index is 6.05. The predicted molar refractivity (Wildman–Crippen MR) is 82.2 cm³/mol. The number of ether oxygens (including phenoxy) is 1. The zero-order valence-corrected chi connectivity index (χ0v) is 12.9. The maximum absolute atomic E-state index is 6.05. The molecule has 4 heteroatoms. The molecule has 1 aromatic carbocycles. The Balaban J connectivity index is 2.65. The summed E-state index contributed by atoms with van der Waals surface area (Å²) in [7, 11) is 3.71. The van der Waals surface area contributed by atoms with Gasteiger partial charge in [-0.3, -0.25) is 0 Å². The quantitative estimate of drug-likeness (QED) is 0.738. The minimum absolute atomic E-state index is 0.453. The van der Waals surface area contributed by atoms with Gasteiger partial charge in [0.25, 0.3) is 0 Å². The summed E-state index contributed by atoms with van der Waals surface area (Å²) in [6.07, 6.45) is 2.17. The van der Waals surface area contributed by atoms with Crippen molar-refractivity contribution < 1.29 is 4.74 Å². The molecule has 1 rings (SSSR count). The SMILES string of the molecule is CCCSCC(Cc1cc(Cl)ccc1OC)NC. The second-order valence-corrected chi connectivity index (χ2v) is 5.81. The van der Waals surface area contributed by atoms with Crippen molar-refractivity contribution in [1.82, 2.24) is 5.32 Å². The Bertz CT molecular complexity index is 360. The van der Waals surface area contributed by atoms with E-state index in [1.165, 1.54) is 17.7 Å². The molecule has 0 spiro atoms. The minimum Gasteiger partial charge on any atom is -0.496 e. The third-order valence-electron chi connectivity index (χ3n) is 2.78. The standard InChI is InChI=1S/C14H22ClNOS/c1-4-7-18-10-13(16-2)9-11-8-12(15)5-6-14(11)17-3/h5-6,8,13,16H,4,7,9-10H2,1-3H3. The molecular weight excluding hydrogens is 266 g/mol. The number of thioether (sulfide) groups is 1. The van der Waals surface area contributed by atoms with Gasteiger partial charge < -0.3 is 10.1 Å². The third kappa shape index (κ3) is 5.09. The smallest absolute Gasteiger partial charge is 0.122 e. The molecule has 0 aromatic heterocycles. The molecule has 18 heavy (non-hydrogen) atoms. The molecule has 0 radical (unpaired) electrons. The van der Waals surface area contributed by atoms with Crippen molar-refractivity contribution in [3.8, 4) is 5.75 Å². The molecule has 1 N–H and O–H groups in total. The van der Waals surface area contributed by atoms with Gasteiger partial charge in [0.2, 0.25) is 0 Å². The Morgan fingerprint density at radius 2 is 2.22 bits per heavy atom. The van der Waals surface area contributed by atoms with Gasteiger partial charge in [0.15, 0.2) is 0 Å². The summed E-state index contributed by atoms with van der Waals surface area (Å²) < 4.78 is 5.38. The van der Waals surface area contributed by atoms with Crippen LogP contribution in [0.25, 0.3) is 0 Å². The van der Waals surface area contributed by atoms with E-state index in [-0.39, 0.29) is 0 Å². The third-order valence-corrected chi connectivity index (χ3v) is 4.35. The van der Waals surface area contributed by atoms with Crippen LogP contribution < -0.4 is 10.1 Å². The Morgan fingerprint density at radius 3 is 2.83 bits per heavy atom. The van der Waals surface area contributed by atoms with Crippen LogP contribution in [0.3, 0.4) is 0 Å². The van der Waals surface area contributed by atoms with Crippen molar-refractivity contribution in [2.24, 2.45) is 0 Å². The van der Waals surface area contributed by atoms with E-state index in [1.807, 2.05) is 37.0 Å². The molecule has 0 saturated carbocycles. The number of rotatable bonds is 8. The molecule has 0 heterocycles. The molecule has 2 nitrogen and oxygen atoms in total. The van der Waals surface area contributed by atoms with E-state index in [1.54, 1.807) is 7.11 Å². The summed E-state index contributed by atoms with van der Waals surface area (Å²) in [5, 5.41) is 4.13. The topological polar surface area (TPSA) is 21.3 Å². The van der Waals surface area contributed by atoms with Crippen molar-refractivity contribution in [2.45, 2.75) is 25.8 Å². The van der Waals surface area contributed by atoms with Crippen molar-refractivity contribution in [3.05, 3.63) is 28.8 Å². The van der Waals surface area contributed by atoms with E-state index in [0.717, 1.165) is 22.9 Å². The summed E-state index contributed by atoms with van der Waals surface area (Å²) in [5.41, 5.74) is 1.17. The fraction of sp³-hybridized carbons (Fsp3) is 0.571. The molecule has 0 amide bonds. The fourth-order valence-electron chi connectivity index (χ4n) is 1.79. The number of nitrogens with one attached hydrogen (secondary N) is 1. The molecule has 1 atom stereocenters. The summed E-state index contributed by atoms with van der Waals surface area (Å²) in [5.74, 6) is 3.24. The molecule has 0 bridgehead atoms. The van der Waals surface area contributed by atoms with Crippen LogP contribution in [0, 0.1) is 0 Å². The Kier molecular flexibility index (Phi) is 7.56. The lowest BCUT2D eigenvalue weighted by atomic mass is 10.1. The normalized spacial score (nSPS) is 12.4. The zero-order valence-electron chi connectivity index (χ0n) is 11.3. The molecule has 0 saturated heterocycles. The van der Waals surface area contributed by atoms with Gasteiger partial charge in [-0.15, -0.1) is 0 Å². The van der Waals surface area contributed by atoms with Crippen LogP contribution in [0.2, 0.25) is 5.02 Å². The van der Waals surface area contributed by atoms with E-state index < -0.39 is 0 Å². The largest absolute Gasteiger partial charge is 0.496 e. The highest BCUT2D eigenvalue weighted by molar-refractivity contribution is 7.99. The van der Waals surface area contributed by atoms with Crippen LogP contribution in [0.1, 0.15) is 18.9 Å². The molecule has 102 valence electrons. The molecule has 1 unspecified atom stereocenters. The monoisotopic (exact) mass is 287 g/mol. The molecule has 0 aliphatic carbocycles. The summed E-state index contributed by atoms with van der Waals surface area (Å²) >= 11 is 8.03.